The van der Waals surface area contributed by atoms with Crippen molar-refractivity contribution in [1.29, 1.82) is 0 Å². The maximum Gasteiger partial charge on any atom is 0.257 e. The number of aromatic nitrogens is 2. The maximum absolute atomic E-state index is 13.5. The van der Waals surface area contributed by atoms with E-state index < -0.39 is 0 Å². The number of nitrogens with one attached hydrogen (secondary N) is 1. The minimum absolute atomic E-state index is 0.00674. The van der Waals surface area contributed by atoms with Crippen molar-refractivity contribution in [2.45, 2.75) is 32.1 Å². The van der Waals surface area contributed by atoms with Crippen molar-refractivity contribution in [3.63, 3.8) is 0 Å². The zero-order chi connectivity index (χ0) is 25.0. The van der Waals surface area contributed by atoms with E-state index in [0.29, 0.717) is 43.2 Å². The molecule has 190 valence electrons. The van der Waals surface area contributed by atoms with Gasteiger partial charge in [-0.05, 0) is 61.4 Å². The van der Waals surface area contributed by atoms with Crippen molar-refractivity contribution >= 4 is 22.8 Å². The Hall–Kier alpha value is -3.39. The first-order valence-corrected chi connectivity index (χ1v) is 12.8. The van der Waals surface area contributed by atoms with E-state index in [0.717, 1.165) is 56.2 Å². The Labute approximate surface area is 211 Å². The minimum Gasteiger partial charge on any atom is -0.491 e. The summed E-state index contributed by atoms with van der Waals surface area (Å²) < 4.78 is 11.7. The highest BCUT2D eigenvalue weighted by Gasteiger charge is 2.36. The van der Waals surface area contributed by atoms with Gasteiger partial charge in [0.05, 0.1) is 36.1 Å². The molecule has 1 saturated heterocycles. The van der Waals surface area contributed by atoms with Gasteiger partial charge in [0, 0.05) is 32.3 Å². The van der Waals surface area contributed by atoms with Gasteiger partial charge in [0.15, 0.2) is 0 Å². The van der Waals surface area contributed by atoms with Crippen molar-refractivity contribution in [3.8, 4) is 5.75 Å². The minimum atomic E-state index is -0.0255. The topological polar surface area (TPSA) is 87.8 Å². The number of hydrogen-bond donors (Lipinski definition) is 1. The van der Waals surface area contributed by atoms with Gasteiger partial charge < -0.3 is 24.3 Å². The van der Waals surface area contributed by atoms with Crippen LogP contribution < -0.4 is 4.74 Å². The van der Waals surface area contributed by atoms with E-state index in [1.54, 1.807) is 13.4 Å². The lowest BCUT2D eigenvalue weighted by Crippen LogP contribution is -2.45. The van der Waals surface area contributed by atoms with E-state index in [2.05, 4.69) is 9.97 Å². The second-order valence-electron chi connectivity index (χ2n) is 9.95. The van der Waals surface area contributed by atoms with Crippen LogP contribution in [-0.2, 0) is 4.74 Å². The van der Waals surface area contributed by atoms with Crippen LogP contribution in [0.15, 0.2) is 48.8 Å². The average Bonchev–Trinajstić information content (AvgIpc) is 3.38. The van der Waals surface area contributed by atoms with Crippen LogP contribution in [0.4, 0.5) is 0 Å². The Morgan fingerprint density at radius 2 is 1.92 bits per heavy atom. The second-order valence-corrected chi connectivity index (χ2v) is 9.95. The van der Waals surface area contributed by atoms with Crippen molar-refractivity contribution in [2.75, 3.05) is 46.5 Å². The molecule has 1 fully saturated rings. The molecule has 0 atom stereocenters. The predicted octanol–water partition coefficient (Wildman–Crippen LogP) is 4.14. The largest absolute Gasteiger partial charge is 0.491 e. The number of aromatic amines is 1. The molecule has 4 heterocycles. The summed E-state index contributed by atoms with van der Waals surface area (Å²) in [5, 5.41) is 0. The molecule has 2 amide bonds. The van der Waals surface area contributed by atoms with Crippen molar-refractivity contribution in [3.05, 3.63) is 59.9 Å². The lowest BCUT2D eigenvalue weighted by Gasteiger charge is -2.41. The molecule has 1 aromatic heterocycles. The Kier molecular flexibility index (Phi) is 7.23. The fourth-order valence-corrected chi connectivity index (χ4v) is 5.53. The summed E-state index contributed by atoms with van der Waals surface area (Å²) in [6, 6.07) is 13.0. The number of rotatable bonds is 3. The number of carbonyl (C=O) groups is 2. The first kappa shape index (κ1) is 24.3. The van der Waals surface area contributed by atoms with Crippen LogP contribution in [0, 0.1) is 5.41 Å². The zero-order valence-corrected chi connectivity index (χ0v) is 20.9. The summed E-state index contributed by atoms with van der Waals surface area (Å²) in [7, 11) is 1.76. The molecule has 0 saturated carbocycles. The molecule has 8 nitrogen and oxygen atoms in total. The standard InChI is InChI=1S/C28H34N4O4/c1-35-19-28-10-4-5-13-31(26(33)21-8-9-23-24(18-21)30-20-29-23)16-17-36-25-7-3-2-6-22(25)27(34)32(14-11-28)15-12-28/h2-3,6-9,18,20H,4-5,10-17,19H2,1H3,(H,29,30). The fourth-order valence-electron chi connectivity index (χ4n) is 5.53. The summed E-state index contributed by atoms with van der Waals surface area (Å²) in [6.07, 6.45) is 6.41. The van der Waals surface area contributed by atoms with Crippen LogP contribution in [0.1, 0.15) is 52.8 Å². The van der Waals surface area contributed by atoms with E-state index >= 15 is 0 Å². The van der Waals surface area contributed by atoms with Gasteiger partial charge >= 0.3 is 0 Å². The monoisotopic (exact) mass is 490 g/mol. The number of nitrogens with zero attached hydrogens (tertiary/aromatic N) is 3. The van der Waals surface area contributed by atoms with Crippen LogP contribution >= 0.6 is 0 Å². The number of carbonyl (C=O) groups excluding carboxylic acids is 2. The number of amides is 2. The molecule has 3 aliphatic rings. The Balaban J connectivity index is 1.39. The number of fused-ring (bicyclic) bond motifs is 10. The molecule has 3 aliphatic heterocycles. The van der Waals surface area contributed by atoms with Crippen LogP contribution in [0.5, 0.6) is 5.75 Å². The highest BCUT2D eigenvalue weighted by atomic mass is 16.5. The van der Waals surface area contributed by atoms with E-state index in [-0.39, 0.29) is 17.2 Å². The molecular formula is C28H34N4O4. The number of hydrogen-bond acceptors (Lipinski definition) is 5. The third kappa shape index (κ3) is 5.09. The summed E-state index contributed by atoms with van der Waals surface area (Å²) in [6.45, 7) is 3.54. The lowest BCUT2D eigenvalue weighted by molar-refractivity contribution is 0.0136. The molecule has 3 aromatic rings. The molecular weight excluding hydrogens is 456 g/mol. The van der Waals surface area contributed by atoms with Crippen molar-refractivity contribution in [1.82, 2.24) is 19.8 Å². The molecule has 0 spiro atoms. The Morgan fingerprint density at radius 1 is 1.08 bits per heavy atom. The van der Waals surface area contributed by atoms with Gasteiger partial charge in [0.1, 0.15) is 12.4 Å². The smallest absolute Gasteiger partial charge is 0.257 e. The molecule has 0 unspecified atom stereocenters. The van der Waals surface area contributed by atoms with Gasteiger partial charge in [0.25, 0.3) is 11.8 Å². The molecule has 6 rings (SSSR count). The summed E-state index contributed by atoms with van der Waals surface area (Å²) in [4.78, 5) is 38.0. The Bertz CT molecular complexity index is 1210. The summed E-state index contributed by atoms with van der Waals surface area (Å²) >= 11 is 0. The molecule has 1 N–H and O–H groups in total. The SMILES string of the molecule is COCC12CCCCN(C(=O)c3ccc4nc[nH]c4c3)CCOc3ccccc3C(=O)N(CC1)CC2. The number of H-pyrrole nitrogens is 1. The summed E-state index contributed by atoms with van der Waals surface area (Å²) in [5.41, 5.74) is 2.96. The molecule has 0 radical (unpaired) electrons. The summed E-state index contributed by atoms with van der Waals surface area (Å²) in [5.74, 6) is 0.548. The number of methoxy groups -OCH3 is 1. The van der Waals surface area contributed by atoms with Gasteiger partial charge in [0.2, 0.25) is 0 Å². The van der Waals surface area contributed by atoms with Crippen LogP contribution in [0.2, 0.25) is 0 Å². The number of imidazole rings is 1. The van der Waals surface area contributed by atoms with Crippen molar-refractivity contribution < 1.29 is 19.1 Å². The number of piperidine rings is 1. The van der Waals surface area contributed by atoms with E-state index in [1.807, 2.05) is 52.3 Å². The van der Waals surface area contributed by atoms with E-state index in [4.69, 9.17) is 9.47 Å². The van der Waals surface area contributed by atoms with Gasteiger partial charge in [-0.25, -0.2) is 4.98 Å². The third-order valence-corrected chi connectivity index (χ3v) is 7.64. The van der Waals surface area contributed by atoms with Crippen molar-refractivity contribution in [2.24, 2.45) is 5.41 Å². The first-order valence-electron chi connectivity index (χ1n) is 12.8. The molecule has 2 aromatic carbocycles. The van der Waals surface area contributed by atoms with Gasteiger partial charge in [-0.3, -0.25) is 9.59 Å². The van der Waals surface area contributed by atoms with Crippen LogP contribution in [-0.4, -0.2) is 78.1 Å². The van der Waals surface area contributed by atoms with Gasteiger partial charge in [-0.1, -0.05) is 18.6 Å². The second kappa shape index (κ2) is 10.7. The highest BCUT2D eigenvalue weighted by Crippen LogP contribution is 2.38. The number of ether oxygens (including phenoxy) is 2. The van der Waals surface area contributed by atoms with Gasteiger partial charge in [-0.15, -0.1) is 0 Å². The van der Waals surface area contributed by atoms with E-state index in [1.165, 1.54) is 0 Å². The third-order valence-electron chi connectivity index (χ3n) is 7.64. The van der Waals surface area contributed by atoms with Gasteiger partial charge in [-0.2, -0.15) is 0 Å². The Morgan fingerprint density at radius 3 is 2.75 bits per heavy atom. The first-order chi connectivity index (χ1) is 17.6. The predicted molar refractivity (Wildman–Crippen MR) is 137 cm³/mol. The molecule has 2 bridgehead atoms. The molecule has 8 heteroatoms. The normalized spacial score (nSPS) is 18.9. The lowest BCUT2D eigenvalue weighted by atomic mass is 9.75. The molecule has 0 aliphatic carbocycles. The fraction of sp³-hybridized carbons (Fsp3) is 0.464. The zero-order valence-electron chi connectivity index (χ0n) is 20.9. The average molecular weight is 491 g/mol. The maximum atomic E-state index is 13.5. The highest BCUT2D eigenvalue weighted by molar-refractivity contribution is 5.98. The molecule has 36 heavy (non-hydrogen) atoms. The number of para-hydroxylation sites is 1. The number of benzene rings is 2. The van der Waals surface area contributed by atoms with Crippen LogP contribution in [0.3, 0.4) is 0 Å². The van der Waals surface area contributed by atoms with E-state index in [9.17, 15) is 9.59 Å². The van der Waals surface area contributed by atoms with Crippen LogP contribution in [0.25, 0.3) is 11.0 Å². The quantitative estimate of drug-likeness (QED) is 0.596.